The number of carbonyl (C=O) groups is 2. The van der Waals surface area contributed by atoms with Crippen LogP contribution in [0.15, 0.2) is 53.4 Å². The van der Waals surface area contributed by atoms with Crippen LogP contribution in [0, 0.1) is 0 Å². The van der Waals surface area contributed by atoms with Gasteiger partial charge in [0.1, 0.15) is 5.54 Å². The van der Waals surface area contributed by atoms with Crippen LogP contribution in [0.3, 0.4) is 0 Å². The zero-order valence-electron chi connectivity index (χ0n) is 17.3. The van der Waals surface area contributed by atoms with Crippen LogP contribution in [0.25, 0.3) is 0 Å². The number of benzene rings is 2. The number of rotatable bonds is 5. The standard InChI is InChI=1S/C21H26N2O4SSi/c1-21(16-8-10-17(11-9-16)28(2,26)27)19(24)23(20(25)22-21)14-15-6-12-18(13-7-15)29(3,4)5/h6-13H,14H2,1-5H3,(H,22,25)/t21-/m0/s1. The molecule has 2 aromatic carbocycles. The number of urea groups is 1. The van der Waals surface area contributed by atoms with Gasteiger partial charge in [0.05, 0.1) is 19.5 Å². The SMILES string of the molecule is C[C@@]1(c2ccc(S(C)(=O)=O)cc2)NC(=O)N(Cc2ccc([Si](C)(C)C)cc2)C1=O. The molecule has 0 unspecified atom stereocenters. The summed E-state index contributed by atoms with van der Waals surface area (Å²) in [6.45, 7) is 8.62. The fraction of sp³-hybridized carbons (Fsp3) is 0.333. The van der Waals surface area contributed by atoms with E-state index >= 15 is 0 Å². The summed E-state index contributed by atoms with van der Waals surface area (Å²) in [7, 11) is -4.75. The van der Waals surface area contributed by atoms with Crippen molar-refractivity contribution in [1.82, 2.24) is 10.2 Å². The quantitative estimate of drug-likeness (QED) is 0.584. The fourth-order valence-corrected chi connectivity index (χ4v) is 5.16. The molecule has 0 saturated carbocycles. The highest BCUT2D eigenvalue weighted by molar-refractivity contribution is 7.90. The Morgan fingerprint density at radius 1 is 0.966 bits per heavy atom. The van der Waals surface area contributed by atoms with Crippen molar-refractivity contribution in [2.24, 2.45) is 0 Å². The molecule has 1 aliphatic heterocycles. The minimum absolute atomic E-state index is 0.168. The van der Waals surface area contributed by atoms with Crippen molar-refractivity contribution in [2.45, 2.75) is 43.5 Å². The van der Waals surface area contributed by atoms with E-state index in [-0.39, 0.29) is 17.3 Å². The summed E-state index contributed by atoms with van der Waals surface area (Å²) in [6.07, 6.45) is 1.13. The van der Waals surface area contributed by atoms with Gasteiger partial charge in [0, 0.05) is 6.26 Å². The Hall–Kier alpha value is -2.45. The van der Waals surface area contributed by atoms with Gasteiger partial charge in [-0.25, -0.2) is 13.2 Å². The van der Waals surface area contributed by atoms with E-state index in [4.69, 9.17) is 0 Å². The average molecular weight is 431 g/mol. The van der Waals surface area contributed by atoms with Gasteiger partial charge < -0.3 is 5.32 Å². The first-order valence-corrected chi connectivity index (χ1v) is 14.8. The average Bonchev–Trinajstić information content (AvgIpc) is 2.85. The Kier molecular flexibility index (Phi) is 5.21. The van der Waals surface area contributed by atoms with Gasteiger partial charge in [0.25, 0.3) is 5.91 Å². The second-order valence-electron chi connectivity index (χ2n) is 8.69. The van der Waals surface area contributed by atoms with Crippen LogP contribution in [-0.4, -0.2) is 39.6 Å². The first-order valence-electron chi connectivity index (χ1n) is 9.36. The monoisotopic (exact) mass is 430 g/mol. The summed E-state index contributed by atoms with van der Waals surface area (Å²) in [4.78, 5) is 27.0. The minimum Gasteiger partial charge on any atom is -0.319 e. The minimum atomic E-state index is -3.33. The number of nitrogens with zero attached hydrogens (tertiary/aromatic N) is 1. The maximum Gasteiger partial charge on any atom is 0.325 e. The number of carbonyl (C=O) groups excluding carboxylic acids is 2. The fourth-order valence-electron chi connectivity index (χ4n) is 3.36. The van der Waals surface area contributed by atoms with Gasteiger partial charge in [0.15, 0.2) is 9.84 Å². The lowest BCUT2D eigenvalue weighted by molar-refractivity contribution is -0.131. The molecule has 0 aliphatic carbocycles. The molecular weight excluding hydrogens is 404 g/mol. The van der Waals surface area contributed by atoms with Crippen molar-refractivity contribution in [3.63, 3.8) is 0 Å². The zero-order valence-corrected chi connectivity index (χ0v) is 19.1. The third-order valence-electron chi connectivity index (χ3n) is 5.30. The van der Waals surface area contributed by atoms with Crippen LogP contribution in [0.2, 0.25) is 19.6 Å². The zero-order chi connectivity index (χ0) is 21.6. The molecule has 1 fully saturated rings. The van der Waals surface area contributed by atoms with Crippen LogP contribution >= 0.6 is 0 Å². The normalized spacial score (nSPS) is 20.1. The summed E-state index contributed by atoms with van der Waals surface area (Å²) >= 11 is 0. The lowest BCUT2D eigenvalue weighted by Crippen LogP contribution is -2.40. The maximum atomic E-state index is 13.1. The number of hydrogen-bond donors (Lipinski definition) is 1. The molecular formula is C21H26N2O4SSi. The molecule has 8 heteroatoms. The highest BCUT2D eigenvalue weighted by Gasteiger charge is 2.48. The Morgan fingerprint density at radius 2 is 1.52 bits per heavy atom. The van der Waals surface area contributed by atoms with E-state index in [1.807, 2.05) is 12.1 Å². The summed E-state index contributed by atoms with van der Waals surface area (Å²) in [5.74, 6) is -0.358. The summed E-state index contributed by atoms with van der Waals surface area (Å²) in [6, 6.07) is 13.7. The molecule has 6 nitrogen and oxygen atoms in total. The van der Waals surface area contributed by atoms with E-state index in [9.17, 15) is 18.0 Å². The van der Waals surface area contributed by atoms with Crippen LogP contribution in [0.4, 0.5) is 4.79 Å². The lowest BCUT2D eigenvalue weighted by atomic mass is 9.92. The highest BCUT2D eigenvalue weighted by Crippen LogP contribution is 2.30. The third kappa shape index (κ3) is 4.13. The Morgan fingerprint density at radius 3 is 2.00 bits per heavy atom. The van der Waals surface area contributed by atoms with Crippen LogP contribution in [0.1, 0.15) is 18.1 Å². The number of nitrogens with one attached hydrogen (secondary N) is 1. The van der Waals surface area contributed by atoms with E-state index < -0.39 is 29.5 Å². The predicted molar refractivity (Wildman–Crippen MR) is 115 cm³/mol. The van der Waals surface area contributed by atoms with Gasteiger partial charge in [-0.15, -0.1) is 0 Å². The van der Waals surface area contributed by atoms with Crippen LogP contribution < -0.4 is 10.5 Å². The lowest BCUT2D eigenvalue weighted by Gasteiger charge is -2.22. The van der Waals surface area contributed by atoms with E-state index in [1.165, 1.54) is 22.2 Å². The van der Waals surface area contributed by atoms with Crippen molar-refractivity contribution in [3.05, 3.63) is 59.7 Å². The topological polar surface area (TPSA) is 83.6 Å². The van der Waals surface area contributed by atoms with Gasteiger partial charge in [0.2, 0.25) is 0 Å². The van der Waals surface area contributed by atoms with Gasteiger partial charge in [-0.05, 0) is 30.2 Å². The highest BCUT2D eigenvalue weighted by atomic mass is 32.2. The van der Waals surface area contributed by atoms with Gasteiger partial charge in [-0.3, -0.25) is 9.69 Å². The molecule has 3 amide bonds. The van der Waals surface area contributed by atoms with Crippen molar-refractivity contribution >= 4 is 35.0 Å². The second-order valence-corrected chi connectivity index (χ2v) is 15.8. The number of sulfone groups is 1. The Labute approximate surface area is 172 Å². The van der Waals surface area contributed by atoms with Crippen molar-refractivity contribution < 1.29 is 18.0 Å². The molecule has 0 aromatic heterocycles. The van der Waals surface area contributed by atoms with Crippen molar-refractivity contribution in [2.75, 3.05) is 6.26 Å². The largest absolute Gasteiger partial charge is 0.325 e. The third-order valence-corrected chi connectivity index (χ3v) is 8.49. The van der Waals surface area contributed by atoms with E-state index in [0.717, 1.165) is 11.8 Å². The molecule has 1 N–H and O–H groups in total. The number of amides is 3. The summed E-state index contributed by atoms with van der Waals surface area (Å²) < 4.78 is 23.3. The summed E-state index contributed by atoms with van der Waals surface area (Å²) in [5, 5.41) is 4.07. The first kappa shape index (κ1) is 21.3. The molecule has 3 rings (SSSR count). The molecule has 1 atom stereocenters. The van der Waals surface area contributed by atoms with E-state index in [0.29, 0.717) is 5.56 Å². The molecule has 1 saturated heterocycles. The van der Waals surface area contributed by atoms with Gasteiger partial charge in [-0.2, -0.15) is 0 Å². The Bertz CT molecular complexity index is 1060. The maximum absolute atomic E-state index is 13.1. The first-order chi connectivity index (χ1) is 13.3. The molecule has 0 spiro atoms. The molecule has 154 valence electrons. The van der Waals surface area contributed by atoms with Crippen LogP contribution in [-0.2, 0) is 26.7 Å². The summed E-state index contributed by atoms with van der Waals surface area (Å²) in [5.41, 5.74) is 0.192. The molecule has 0 radical (unpaired) electrons. The molecule has 1 aliphatic rings. The van der Waals surface area contributed by atoms with E-state index in [2.05, 4.69) is 37.1 Å². The van der Waals surface area contributed by atoms with Crippen molar-refractivity contribution in [1.29, 1.82) is 0 Å². The molecule has 1 heterocycles. The van der Waals surface area contributed by atoms with Gasteiger partial charge in [-0.1, -0.05) is 61.2 Å². The number of hydrogen-bond acceptors (Lipinski definition) is 4. The smallest absolute Gasteiger partial charge is 0.319 e. The molecule has 2 aromatic rings. The van der Waals surface area contributed by atoms with Crippen molar-refractivity contribution in [3.8, 4) is 0 Å². The number of imide groups is 1. The van der Waals surface area contributed by atoms with E-state index in [1.54, 1.807) is 19.1 Å². The second kappa shape index (κ2) is 7.10. The Balaban J connectivity index is 1.83. The molecule has 29 heavy (non-hydrogen) atoms. The van der Waals surface area contributed by atoms with Gasteiger partial charge >= 0.3 is 6.03 Å². The predicted octanol–water partition coefficient (Wildman–Crippen LogP) is 2.60. The van der Waals surface area contributed by atoms with Crippen LogP contribution in [0.5, 0.6) is 0 Å². The molecule has 0 bridgehead atoms.